The Kier molecular flexibility index (Phi) is 11.7. The van der Waals surface area contributed by atoms with E-state index in [4.69, 9.17) is 18.9 Å². The first kappa shape index (κ1) is 27.5. The molecule has 2 amide bonds. The second kappa shape index (κ2) is 12.3. The number of ether oxygens (including phenoxy) is 4. The normalized spacial score (nSPS) is 12.5. The second-order valence-electron chi connectivity index (χ2n) is 7.96. The molecule has 0 fully saturated rings. The summed E-state index contributed by atoms with van der Waals surface area (Å²) in [4.78, 5) is 24.5. The van der Waals surface area contributed by atoms with Gasteiger partial charge in [-0.05, 0) is 41.5 Å². The van der Waals surface area contributed by atoms with E-state index in [0.29, 0.717) is 5.01 Å². The van der Waals surface area contributed by atoms with Crippen LogP contribution in [0.25, 0.3) is 0 Å². The fourth-order valence-electron chi connectivity index (χ4n) is 1.61. The maximum atomic E-state index is 12.2. The molecule has 1 N–H and O–H groups in total. The average molecular weight is 443 g/mol. The quantitative estimate of drug-likeness (QED) is 0.286. The van der Waals surface area contributed by atoms with E-state index in [1.165, 1.54) is 0 Å². The van der Waals surface area contributed by atoms with Gasteiger partial charge in [0.15, 0.2) is 0 Å². The Morgan fingerprint density at radius 2 is 1.21 bits per heavy atom. The highest BCUT2D eigenvalue weighted by atomic mass is 32.2. The molecule has 0 saturated carbocycles. The first-order valence-electron chi connectivity index (χ1n) is 9.10. The summed E-state index contributed by atoms with van der Waals surface area (Å²) in [5.74, 6) is 0. The number of hydrazine groups is 1. The van der Waals surface area contributed by atoms with Crippen LogP contribution in [-0.4, -0.2) is 82.7 Å². The predicted octanol–water partition coefficient (Wildman–Crippen LogP) is 1.67. The van der Waals surface area contributed by atoms with Crippen LogP contribution < -0.4 is 5.43 Å². The molecule has 0 spiro atoms. The van der Waals surface area contributed by atoms with Crippen LogP contribution in [0.3, 0.4) is 0 Å². The lowest BCUT2D eigenvalue weighted by Crippen LogP contribution is -2.51. The third-order valence-corrected chi connectivity index (χ3v) is 3.16. The van der Waals surface area contributed by atoms with Crippen molar-refractivity contribution in [1.82, 2.24) is 10.4 Å². The second-order valence-corrected chi connectivity index (χ2v) is 9.60. The molecule has 0 atom stereocenters. The first-order valence-corrected chi connectivity index (χ1v) is 10.9. The Morgan fingerprint density at radius 1 is 0.793 bits per heavy atom. The maximum Gasteiger partial charge on any atom is 0.434 e. The van der Waals surface area contributed by atoms with Crippen molar-refractivity contribution in [3.05, 3.63) is 0 Å². The predicted molar refractivity (Wildman–Crippen MR) is 105 cm³/mol. The number of rotatable bonds is 11. The SMILES string of the molecule is CC(C)(C)OC(=O)N(NCCOCCOCCOS(C)(=O)=O)C(=O)OC(C)(C)C. The number of nitrogens with zero attached hydrogens (tertiary/aromatic N) is 1. The molecule has 0 aliphatic carbocycles. The number of imide groups is 1. The maximum absolute atomic E-state index is 12.2. The van der Waals surface area contributed by atoms with Crippen molar-refractivity contribution in [3.63, 3.8) is 0 Å². The fraction of sp³-hybridized carbons (Fsp3) is 0.882. The van der Waals surface area contributed by atoms with E-state index >= 15 is 0 Å². The molecule has 172 valence electrons. The number of carbonyl (C=O) groups excluding carboxylic acids is 2. The molecule has 0 aromatic rings. The minimum Gasteiger partial charge on any atom is -0.442 e. The molecule has 0 aliphatic heterocycles. The van der Waals surface area contributed by atoms with E-state index in [1.54, 1.807) is 41.5 Å². The molecule has 0 heterocycles. The van der Waals surface area contributed by atoms with Crippen LogP contribution in [0.4, 0.5) is 9.59 Å². The van der Waals surface area contributed by atoms with Crippen LogP contribution >= 0.6 is 0 Å². The van der Waals surface area contributed by atoms with Crippen molar-refractivity contribution < 1.29 is 41.1 Å². The lowest BCUT2D eigenvalue weighted by atomic mass is 10.2. The van der Waals surface area contributed by atoms with Gasteiger partial charge in [-0.1, -0.05) is 0 Å². The molecule has 0 bridgehead atoms. The van der Waals surface area contributed by atoms with Crippen molar-refractivity contribution in [2.24, 2.45) is 0 Å². The summed E-state index contributed by atoms with van der Waals surface area (Å²) in [6, 6.07) is 0. The minimum absolute atomic E-state index is 0.0683. The summed E-state index contributed by atoms with van der Waals surface area (Å²) in [6.45, 7) is 10.9. The molecule has 0 aromatic heterocycles. The zero-order valence-corrected chi connectivity index (χ0v) is 19.1. The van der Waals surface area contributed by atoms with Crippen molar-refractivity contribution in [1.29, 1.82) is 0 Å². The molecule has 11 nitrogen and oxygen atoms in total. The topological polar surface area (TPSA) is 130 Å². The Labute approximate surface area is 173 Å². The average Bonchev–Trinajstić information content (AvgIpc) is 2.47. The standard InChI is InChI=1S/C17H34N2O9S/c1-16(2,3)27-14(20)19(15(21)28-17(4,5)6)18-8-9-24-10-11-25-12-13-26-29(7,22)23/h18H,8-13H2,1-7H3. The highest BCUT2D eigenvalue weighted by Crippen LogP contribution is 2.13. The van der Waals surface area contributed by atoms with Gasteiger partial charge in [-0.3, -0.25) is 4.18 Å². The number of nitrogens with one attached hydrogen (secondary N) is 1. The fourth-order valence-corrected chi connectivity index (χ4v) is 1.99. The molecular weight excluding hydrogens is 408 g/mol. The Morgan fingerprint density at radius 3 is 1.62 bits per heavy atom. The molecule has 0 aromatic carbocycles. The van der Waals surface area contributed by atoms with Crippen LogP contribution in [0.1, 0.15) is 41.5 Å². The number of carbonyl (C=O) groups is 2. The van der Waals surface area contributed by atoms with E-state index < -0.39 is 33.5 Å². The number of hydrogen-bond donors (Lipinski definition) is 1. The van der Waals surface area contributed by atoms with Crippen LogP contribution in [-0.2, 0) is 33.2 Å². The molecule has 0 aliphatic rings. The molecule has 0 radical (unpaired) electrons. The van der Waals surface area contributed by atoms with Crippen LogP contribution in [0.5, 0.6) is 0 Å². The minimum atomic E-state index is -3.47. The van der Waals surface area contributed by atoms with E-state index in [1.807, 2.05) is 0 Å². The zero-order valence-electron chi connectivity index (χ0n) is 18.3. The van der Waals surface area contributed by atoms with Crippen LogP contribution in [0, 0.1) is 0 Å². The monoisotopic (exact) mass is 442 g/mol. The van der Waals surface area contributed by atoms with Gasteiger partial charge in [0, 0.05) is 6.54 Å². The van der Waals surface area contributed by atoms with Gasteiger partial charge in [-0.25, -0.2) is 15.0 Å². The number of hydrogen-bond acceptors (Lipinski definition) is 10. The lowest BCUT2D eigenvalue weighted by Gasteiger charge is -2.28. The number of amides is 2. The largest absolute Gasteiger partial charge is 0.442 e. The van der Waals surface area contributed by atoms with Gasteiger partial charge in [0.1, 0.15) is 11.2 Å². The first-order chi connectivity index (χ1) is 13.1. The summed E-state index contributed by atoms with van der Waals surface area (Å²) < 4.78 is 46.9. The van der Waals surface area contributed by atoms with E-state index in [9.17, 15) is 18.0 Å². The van der Waals surface area contributed by atoms with Gasteiger partial charge in [0.25, 0.3) is 10.1 Å². The van der Waals surface area contributed by atoms with E-state index in [2.05, 4.69) is 9.61 Å². The summed E-state index contributed by atoms with van der Waals surface area (Å²) in [6.07, 6.45) is -0.817. The molecule has 0 saturated heterocycles. The highest BCUT2D eigenvalue weighted by molar-refractivity contribution is 7.85. The van der Waals surface area contributed by atoms with Gasteiger partial charge in [-0.15, -0.1) is 5.01 Å². The van der Waals surface area contributed by atoms with Crippen molar-refractivity contribution in [2.75, 3.05) is 45.8 Å². The third-order valence-electron chi connectivity index (χ3n) is 2.57. The molecule has 0 unspecified atom stereocenters. The highest BCUT2D eigenvalue weighted by Gasteiger charge is 2.31. The van der Waals surface area contributed by atoms with E-state index in [0.717, 1.165) is 6.26 Å². The van der Waals surface area contributed by atoms with Crippen molar-refractivity contribution >= 4 is 22.3 Å². The van der Waals surface area contributed by atoms with Gasteiger partial charge in [-0.2, -0.15) is 8.42 Å². The Hall–Kier alpha value is -1.47. The Balaban J connectivity index is 4.26. The third kappa shape index (κ3) is 17.1. The van der Waals surface area contributed by atoms with Crippen molar-refractivity contribution in [3.8, 4) is 0 Å². The summed E-state index contributed by atoms with van der Waals surface area (Å²) in [7, 11) is -3.47. The summed E-state index contributed by atoms with van der Waals surface area (Å²) in [5.41, 5.74) is 1.06. The summed E-state index contributed by atoms with van der Waals surface area (Å²) >= 11 is 0. The lowest BCUT2D eigenvalue weighted by molar-refractivity contribution is -0.0132. The molecule has 12 heteroatoms. The van der Waals surface area contributed by atoms with Gasteiger partial charge < -0.3 is 18.9 Å². The van der Waals surface area contributed by atoms with Crippen molar-refractivity contribution in [2.45, 2.75) is 52.7 Å². The molecular formula is C17H34N2O9S. The van der Waals surface area contributed by atoms with Gasteiger partial charge in [0.05, 0.1) is 39.3 Å². The smallest absolute Gasteiger partial charge is 0.434 e. The van der Waals surface area contributed by atoms with E-state index in [-0.39, 0.29) is 39.6 Å². The van der Waals surface area contributed by atoms with Crippen LogP contribution in [0.15, 0.2) is 0 Å². The van der Waals surface area contributed by atoms with Gasteiger partial charge >= 0.3 is 12.2 Å². The summed E-state index contributed by atoms with van der Waals surface area (Å²) in [5, 5.41) is 0.666. The molecule has 0 rings (SSSR count). The van der Waals surface area contributed by atoms with Gasteiger partial charge in [0.2, 0.25) is 0 Å². The van der Waals surface area contributed by atoms with Crippen LogP contribution in [0.2, 0.25) is 0 Å². The Bertz CT molecular complexity index is 581. The molecule has 29 heavy (non-hydrogen) atoms. The zero-order chi connectivity index (χ0) is 22.7.